The molecule has 160 valence electrons. The summed E-state index contributed by atoms with van der Waals surface area (Å²) in [4.78, 5) is 17.4. The summed E-state index contributed by atoms with van der Waals surface area (Å²) < 4.78 is 0. The van der Waals surface area contributed by atoms with Crippen molar-refractivity contribution in [2.75, 3.05) is 24.1 Å². The molecular formula is C21H24N8O2. The van der Waals surface area contributed by atoms with Gasteiger partial charge in [0.25, 0.3) is 0 Å². The van der Waals surface area contributed by atoms with E-state index in [2.05, 4.69) is 30.1 Å². The van der Waals surface area contributed by atoms with E-state index in [1.807, 2.05) is 12.1 Å². The molecule has 0 radical (unpaired) electrons. The first-order valence-electron chi connectivity index (χ1n) is 9.53. The topological polar surface area (TPSA) is 123 Å². The molecule has 0 aliphatic carbocycles. The number of rotatable bonds is 8. The van der Waals surface area contributed by atoms with Crippen LogP contribution in [0.25, 0.3) is 0 Å². The molecule has 10 nitrogen and oxygen atoms in total. The molecule has 3 aromatic rings. The van der Waals surface area contributed by atoms with Gasteiger partial charge in [0.15, 0.2) is 11.6 Å². The van der Waals surface area contributed by atoms with Gasteiger partial charge in [-0.3, -0.25) is 10.0 Å². The third kappa shape index (κ3) is 6.11. The van der Waals surface area contributed by atoms with Crippen molar-refractivity contribution < 1.29 is 10.2 Å². The first-order chi connectivity index (χ1) is 15.0. The van der Waals surface area contributed by atoms with E-state index in [-0.39, 0.29) is 13.2 Å². The summed E-state index contributed by atoms with van der Waals surface area (Å²) in [5, 5.41) is 30.4. The summed E-state index contributed by atoms with van der Waals surface area (Å²) in [5.41, 5.74) is 2.41. The number of hydrogen-bond acceptors (Lipinski definition) is 10. The van der Waals surface area contributed by atoms with E-state index in [1.165, 1.54) is 0 Å². The Morgan fingerprint density at radius 3 is 1.65 bits per heavy atom. The highest BCUT2D eigenvalue weighted by Gasteiger charge is 2.09. The second kappa shape index (κ2) is 10.3. The number of pyridine rings is 2. The second-order valence-electron chi connectivity index (χ2n) is 6.59. The second-order valence-corrected chi connectivity index (χ2v) is 6.59. The number of aliphatic hydroxyl groups is 2. The van der Waals surface area contributed by atoms with Crippen molar-refractivity contribution >= 4 is 24.1 Å². The van der Waals surface area contributed by atoms with Gasteiger partial charge < -0.3 is 10.2 Å². The van der Waals surface area contributed by atoms with Crippen LogP contribution in [0.3, 0.4) is 0 Å². The van der Waals surface area contributed by atoms with Gasteiger partial charge in [-0.15, -0.1) is 0 Å². The fraction of sp³-hybridized carbons (Fsp3) is 0.238. The minimum Gasteiger partial charge on any atom is -0.390 e. The summed E-state index contributed by atoms with van der Waals surface area (Å²) in [7, 11) is 3.54. The Kier molecular flexibility index (Phi) is 7.31. The minimum atomic E-state index is -0.126. The van der Waals surface area contributed by atoms with Crippen molar-refractivity contribution in [1.82, 2.24) is 19.9 Å². The third-order valence-electron chi connectivity index (χ3n) is 4.18. The molecular weight excluding hydrogens is 396 g/mol. The monoisotopic (exact) mass is 420 g/mol. The van der Waals surface area contributed by atoms with E-state index < -0.39 is 0 Å². The Balaban J connectivity index is 1.76. The summed E-state index contributed by atoms with van der Waals surface area (Å²) in [6, 6.07) is 12.5. The maximum absolute atomic E-state index is 9.21. The normalized spacial score (nSPS) is 11.4. The lowest BCUT2D eigenvalue weighted by Gasteiger charge is -2.17. The first-order valence-corrected chi connectivity index (χ1v) is 9.53. The standard InChI is InChI=1S/C21H24N8O2/c1-15-24-20(28(2)22-11-16-6-4-8-18(13-30)26-16)10-21(25-15)29(3)23-12-17-7-5-9-19(14-31)27-17/h4-12,30-31H,13-14H2,1-3H3/b22-11+,23-12+. The molecule has 10 heteroatoms. The van der Waals surface area contributed by atoms with Crippen molar-refractivity contribution in [3.63, 3.8) is 0 Å². The van der Waals surface area contributed by atoms with Crippen molar-refractivity contribution in [3.05, 3.63) is 71.1 Å². The van der Waals surface area contributed by atoms with Gasteiger partial charge in [0.2, 0.25) is 0 Å². The fourth-order valence-electron chi connectivity index (χ4n) is 2.59. The van der Waals surface area contributed by atoms with Crippen LogP contribution in [0.5, 0.6) is 0 Å². The molecule has 0 fully saturated rings. The molecule has 0 aliphatic heterocycles. The minimum absolute atomic E-state index is 0.126. The lowest BCUT2D eigenvalue weighted by Crippen LogP contribution is -2.16. The predicted molar refractivity (Wildman–Crippen MR) is 119 cm³/mol. The van der Waals surface area contributed by atoms with Gasteiger partial charge in [-0.25, -0.2) is 19.9 Å². The van der Waals surface area contributed by atoms with Gasteiger partial charge in [-0.05, 0) is 31.2 Å². The maximum Gasteiger partial charge on any atom is 0.154 e. The van der Waals surface area contributed by atoms with Crippen LogP contribution in [0.1, 0.15) is 28.6 Å². The lowest BCUT2D eigenvalue weighted by atomic mass is 10.3. The van der Waals surface area contributed by atoms with Crippen molar-refractivity contribution in [2.24, 2.45) is 10.2 Å². The van der Waals surface area contributed by atoms with Crippen LogP contribution in [-0.2, 0) is 13.2 Å². The summed E-state index contributed by atoms with van der Waals surface area (Å²) in [6.45, 7) is 1.54. The van der Waals surface area contributed by atoms with E-state index in [1.54, 1.807) is 73.8 Å². The molecule has 31 heavy (non-hydrogen) atoms. The number of anilines is 2. The third-order valence-corrected chi connectivity index (χ3v) is 4.18. The Bertz CT molecular complexity index is 1000. The molecule has 2 N–H and O–H groups in total. The number of hydrazone groups is 2. The highest BCUT2D eigenvalue weighted by Crippen LogP contribution is 2.18. The highest BCUT2D eigenvalue weighted by atomic mass is 16.3. The van der Waals surface area contributed by atoms with Crippen LogP contribution in [0.2, 0.25) is 0 Å². The van der Waals surface area contributed by atoms with Crippen LogP contribution >= 0.6 is 0 Å². The molecule has 3 rings (SSSR count). The van der Waals surface area contributed by atoms with E-state index >= 15 is 0 Å². The quantitative estimate of drug-likeness (QED) is 0.415. The van der Waals surface area contributed by atoms with E-state index in [4.69, 9.17) is 0 Å². The predicted octanol–water partition coefficient (Wildman–Crippen LogP) is 1.50. The van der Waals surface area contributed by atoms with Gasteiger partial charge >= 0.3 is 0 Å². The zero-order valence-corrected chi connectivity index (χ0v) is 17.6. The largest absolute Gasteiger partial charge is 0.390 e. The first kappa shape index (κ1) is 21.9. The van der Waals surface area contributed by atoms with Gasteiger partial charge in [-0.2, -0.15) is 10.2 Å². The van der Waals surface area contributed by atoms with Crippen LogP contribution in [0.15, 0.2) is 52.7 Å². The smallest absolute Gasteiger partial charge is 0.154 e. The molecule has 0 aromatic carbocycles. The summed E-state index contributed by atoms with van der Waals surface area (Å²) in [5.74, 6) is 1.73. The van der Waals surface area contributed by atoms with E-state index in [0.717, 1.165) is 0 Å². The van der Waals surface area contributed by atoms with Gasteiger partial charge in [-0.1, -0.05) is 12.1 Å². The summed E-state index contributed by atoms with van der Waals surface area (Å²) >= 11 is 0. The number of nitrogens with zero attached hydrogens (tertiary/aromatic N) is 8. The van der Waals surface area contributed by atoms with Crippen LogP contribution in [0, 0.1) is 6.92 Å². The molecule has 0 saturated heterocycles. The fourth-order valence-corrected chi connectivity index (χ4v) is 2.59. The highest BCUT2D eigenvalue weighted by molar-refractivity contribution is 5.78. The van der Waals surface area contributed by atoms with Gasteiger partial charge in [0.05, 0.1) is 48.4 Å². The van der Waals surface area contributed by atoms with Crippen molar-refractivity contribution in [1.29, 1.82) is 0 Å². The average Bonchev–Trinajstić information content (AvgIpc) is 2.80. The SMILES string of the molecule is Cc1nc(N(C)/N=C/c2cccc(CO)n2)cc(N(C)/N=C/c2cccc(CO)n2)n1. The number of hydrogen-bond donors (Lipinski definition) is 2. The number of aliphatic hydroxyl groups excluding tert-OH is 2. The van der Waals surface area contributed by atoms with Crippen molar-refractivity contribution in [3.8, 4) is 0 Å². The molecule has 0 atom stereocenters. The van der Waals surface area contributed by atoms with Gasteiger partial charge in [0, 0.05) is 20.2 Å². The van der Waals surface area contributed by atoms with Crippen LogP contribution in [-0.4, -0.2) is 56.7 Å². The molecule has 0 saturated carbocycles. The van der Waals surface area contributed by atoms with Crippen LogP contribution < -0.4 is 10.0 Å². The zero-order valence-electron chi connectivity index (χ0n) is 17.6. The van der Waals surface area contributed by atoms with Crippen molar-refractivity contribution in [2.45, 2.75) is 20.1 Å². The maximum atomic E-state index is 9.21. The Morgan fingerprint density at radius 1 is 0.774 bits per heavy atom. The molecule has 0 spiro atoms. The Morgan fingerprint density at radius 2 is 1.23 bits per heavy atom. The molecule has 3 aromatic heterocycles. The molecule has 0 unspecified atom stereocenters. The zero-order chi connectivity index (χ0) is 22.2. The van der Waals surface area contributed by atoms with Crippen LogP contribution in [0.4, 0.5) is 11.6 Å². The van der Waals surface area contributed by atoms with Gasteiger partial charge in [0.1, 0.15) is 5.82 Å². The molecule has 0 bridgehead atoms. The number of aryl methyl sites for hydroxylation is 1. The molecule has 3 heterocycles. The lowest BCUT2D eigenvalue weighted by molar-refractivity contribution is 0.276. The Hall–Kier alpha value is -3.76. The Labute approximate surface area is 180 Å². The van der Waals surface area contributed by atoms with E-state index in [9.17, 15) is 10.2 Å². The molecule has 0 amide bonds. The summed E-state index contributed by atoms with van der Waals surface area (Å²) in [6.07, 6.45) is 3.19. The van der Waals surface area contributed by atoms with E-state index in [0.29, 0.717) is 40.2 Å². The number of aromatic nitrogens is 4. The molecule has 0 aliphatic rings. The average molecular weight is 420 g/mol.